The molecule has 6 unspecified atom stereocenters. The van der Waals surface area contributed by atoms with Gasteiger partial charge in [-0.15, -0.1) is 0 Å². The number of aliphatic hydroxyl groups is 1. The monoisotopic (exact) mass is 948 g/mol. The van der Waals surface area contributed by atoms with Crippen molar-refractivity contribution in [3.63, 3.8) is 0 Å². The zero-order chi connectivity index (χ0) is 41.4. The Morgan fingerprint density at radius 1 is 0.698 bits per heavy atom. The number of methoxy groups -OCH3 is 1. The maximum absolute atomic E-state index is 11.8. The zero-order valence-corrected chi connectivity index (χ0v) is 45.6. The molecule has 10 aliphatic rings. The molecule has 8 saturated carbocycles. The molecule has 0 radical (unpaired) electrons. The van der Waals surface area contributed by atoms with Crippen molar-refractivity contribution in [2.45, 2.75) is 98.0 Å². The molecule has 10 fully saturated rings. The van der Waals surface area contributed by atoms with Gasteiger partial charge in [0.2, 0.25) is 0 Å². The Bertz CT molecular complexity index is 2090. The third-order valence-electron chi connectivity index (χ3n) is 15.2. The minimum absolute atomic E-state index is 0. The maximum atomic E-state index is 11.8. The van der Waals surface area contributed by atoms with E-state index in [1.165, 1.54) is 31.4 Å². The largest absolute Gasteiger partial charge is 1.00 e. The van der Waals surface area contributed by atoms with Crippen LogP contribution in [0.1, 0.15) is 86.5 Å². The van der Waals surface area contributed by atoms with Gasteiger partial charge in [-0.05, 0) is 118 Å². The van der Waals surface area contributed by atoms with Crippen molar-refractivity contribution in [1.29, 1.82) is 10.5 Å². The van der Waals surface area contributed by atoms with Crippen LogP contribution in [0.4, 0.5) is 0 Å². The van der Waals surface area contributed by atoms with Crippen molar-refractivity contribution in [2.75, 3.05) is 20.5 Å². The average Bonchev–Trinajstić information content (AvgIpc) is 3.13. The predicted octanol–water partition coefficient (Wildman–Crippen LogP) is -8.64. The molecule has 316 valence electrons. The first-order chi connectivity index (χ1) is 28.0. The molecule has 24 heteroatoms. The van der Waals surface area contributed by atoms with Crippen LogP contribution in [0.25, 0.3) is 0 Å². The van der Waals surface area contributed by atoms with E-state index in [2.05, 4.69) is 4.52 Å². The molecule has 6 atom stereocenters. The van der Waals surface area contributed by atoms with E-state index in [-0.39, 0.29) is 166 Å². The molecule has 18 nitrogen and oxygen atoms in total. The summed E-state index contributed by atoms with van der Waals surface area (Å²) in [7, 11) is -9.01. The number of nitriles is 2. The van der Waals surface area contributed by atoms with Gasteiger partial charge < -0.3 is 42.7 Å². The van der Waals surface area contributed by atoms with Crippen molar-refractivity contribution in [1.82, 2.24) is 0 Å². The van der Waals surface area contributed by atoms with E-state index < -0.39 is 61.8 Å². The molecule has 2 aromatic rings. The smallest absolute Gasteiger partial charge is 0.780 e. The summed E-state index contributed by atoms with van der Waals surface area (Å²) in [6, 6.07) is 12.3. The van der Waals surface area contributed by atoms with E-state index in [9.17, 15) is 44.3 Å². The van der Waals surface area contributed by atoms with Crippen LogP contribution >= 0.6 is 15.6 Å². The second-order valence-corrected chi connectivity index (χ2v) is 20.2. The van der Waals surface area contributed by atoms with Crippen molar-refractivity contribution < 1.29 is 195 Å². The van der Waals surface area contributed by atoms with E-state index in [0.29, 0.717) is 48.6 Å². The van der Waals surface area contributed by atoms with Gasteiger partial charge in [0.05, 0.1) is 28.9 Å². The Morgan fingerprint density at radius 2 is 1.16 bits per heavy atom. The van der Waals surface area contributed by atoms with Crippen LogP contribution in [0.3, 0.4) is 0 Å². The van der Waals surface area contributed by atoms with Gasteiger partial charge in [0.15, 0.2) is 11.2 Å². The van der Waals surface area contributed by atoms with E-state index in [4.69, 9.17) is 38.3 Å². The first-order valence-electron chi connectivity index (χ1n) is 19.7. The SMILES string of the molecule is COC1(c2ccc(C#N)c(OP(=O)([O-])[O-])c2)OOC12C1CC3CC2CC(OCOC24CC5CC(C2)C2(OOC2(CO)c2ccc(C#N)c(OP(=O)(O)O)c2)C(C5)C4)(C3)C1.[Na+].[Na+].[Na+].[Na+]. The van der Waals surface area contributed by atoms with Gasteiger partial charge in [-0.2, -0.15) is 15.4 Å². The molecule has 8 bridgehead atoms. The van der Waals surface area contributed by atoms with Gasteiger partial charge in [0, 0.05) is 24.5 Å². The molecule has 2 spiro atoms. The predicted molar refractivity (Wildman–Crippen MR) is 190 cm³/mol. The fourth-order valence-corrected chi connectivity index (χ4v) is 14.3. The summed E-state index contributed by atoms with van der Waals surface area (Å²) in [5, 5.41) is 30.2. The number of aliphatic hydroxyl groups excluding tert-OH is 1. The number of ether oxygens (including phenoxy) is 3. The van der Waals surface area contributed by atoms with Crippen LogP contribution in [-0.2, 0) is 54.3 Å². The molecule has 2 aliphatic heterocycles. The van der Waals surface area contributed by atoms with E-state index in [0.717, 1.165) is 38.5 Å². The average molecular weight is 949 g/mol. The van der Waals surface area contributed by atoms with E-state index in [1.807, 2.05) is 12.1 Å². The Kier molecular flexibility index (Phi) is 15.8. The molecule has 0 amide bonds. The van der Waals surface area contributed by atoms with Crippen LogP contribution in [0.15, 0.2) is 36.4 Å². The molecule has 12 rings (SSSR count). The Morgan fingerprint density at radius 3 is 1.56 bits per heavy atom. The molecule has 0 aromatic heterocycles. The van der Waals surface area contributed by atoms with Gasteiger partial charge in [-0.25, -0.2) is 19.2 Å². The third kappa shape index (κ3) is 8.21. The molecule has 2 aromatic carbocycles. The Balaban J connectivity index is 0.00000165. The van der Waals surface area contributed by atoms with Gasteiger partial charge in [0.25, 0.3) is 5.79 Å². The Labute approximate surface area is 452 Å². The van der Waals surface area contributed by atoms with Crippen LogP contribution in [-0.4, -0.2) is 57.8 Å². The molecule has 8 aliphatic carbocycles. The quantitative estimate of drug-likeness (QED) is 0.0772. The normalized spacial score (nSPS) is 39.6. The number of hydrogen-bond acceptors (Lipinski definition) is 16. The van der Waals surface area contributed by atoms with Gasteiger partial charge >= 0.3 is 126 Å². The minimum Gasteiger partial charge on any atom is -0.780 e. The molecule has 2 saturated heterocycles. The van der Waals surface area contributed by atoms with Gasteiger partial charge in [0.1, 0.15) is 43.9 Å². The standard InChI is InChI=1S/C39H44N2O16P2.4Na/c1-49-39(27-5-3-25(19-41)33(11-27)53-59(46,47)48)38(56-57-39)30-8-23-9-31(38)17-35(13-23,16-30)51-21-50-34-12-22-6-28(14-34)37(29(7-22)15-34)36(20-42,54-55-37)26-4-2-24(18-40)32(10-26)52-58(43,44)45;;;;/h2-5,10-11,22-23,28-31,42H,6-9,12-17,20-21H2,1H3,(H2,43,44,45)(H2,46,47,48);;;;/q;4*+1/p-2. The first-order valence-corrected chi connectivity index (χ1v) is 22.7. The first kappa shape index (κ1) is 53.4. The number of hydrogen-bond donors (Lipinski definition) is 3. The Hall–Kier alpha value is 1.000. The van der Waals surface area contributed by atoms with Crippen molar-refractivity contribution >= 4 is 15.6 Å². The van der Waals surface area contributed by atoms with Crippen LogP contribution in [0.5, 0.6) is 11.5 Å². The summed E-state index contributed by atoms with van der Waals surface area (Å²) >= 11 is 0. The fraction of sp³-hybridized carbons (Fsp3) is 0.641. The second kappa shape index (κ2) is 18.6. The number of rotatable bonds is 12. The van der Waals surface area contributed by atoms with Crippen molar-refractivity contribution in [3.05, 3.63) is 58.7 Å². The molecular weight excluding hydrogens is 906 g/mol. The molecule has 3 N–H and O–H groups in total. The van der Waals surface area contributed by atoms with Crippen molar-refractivity contribution in [3.8, 4) is 23.6 Å². The van der Waals surface area contributed by atoms with Crippen LogP contribution < -0.4 is 137 Å². The van der Waals surface area contributed by atoms with Gasteiger partial charge in [-0.1, -0.05) is 12.1 Å². The summed E-state index contributed by atoms with van der Waals surface area (Å²) in [4.78, 5) is 66.0. The third-order valence-corrected chi connectivity index (χ3v) is 16.0. The second-order valence-electron chi connectivity index (χ2n) is 18.0. The van der Waals surface area contributed by atoms with E-state index >= 15 is 0 Å². The number of nitrogens with zero attached hydrogens (tertiary/aromatic N) is 2. The zero-order valence-electron chi connectivity index (χ0n) is 35.9. The summed E-state index contributed by atoms with van der Waals surface area (Å²) < 4.78 is 52.6. The summed E-state index contributed by atoms with van der Waals surface area (Å²) in [6.45, 7) is -0.412. The minimum atomic E-state index is -5.48. The molecule has 2 heterocycles. The van der Waals surface area contributed by atoms with E-state index in [1.54, 1.807) is 12.1 Å². The van der Waals surface area contributed by atoms with Crippen molar-refractivity contribution in [2.24, 2.45) is 35.5 Å². The summed E-state index contributed by atoms with van der Waals surface area (Å²) in [5.41, 5.74) is -3.73. The van der Waals surface area contributed by atoms with Crippen LogP contribution in [0, 0.1) is 58.2 Å². The number of phosphoric acid groups is 2. The topological polar surface area (TPSA) is 272 Å². The van der Waals surface area contributed by atoms with Crippen LogP contribution in [0.2, 0.25) is 0 Å². The fourth-order valence-electron chi connectivity index (χ4n) is 13.5. The maximum Gasteiger partial charge on any atom is 1.00 e. The molecule has 63 heavy (non-hydrogen) atoms. The number of benzene rings is 2. The summed E-state index contributed by atoms with van der Waals surface area (Å²) in [5.74, 6) is -1.84. The van der Waals surface area contributed by atoms with Gasteiger partial charge in [-0.3, -0.25) is 9.79 Å². The summed E-state index contributed by atoms with van der Waals surface area (Å²) in [6.07, 6.45) is 7.46. The molecular formula is C39H42N2Na4O16P2+2. The number of phosphoric ester groups is 2.